The summed E-state index contributed by atoms with van der Waals surface area (Å²) in [6.07, 6.45) is 3.39. The number of amides is 3. The van der Waals surface area contributed by atoms with Gasteiger partial charge in [-0.3, -0.25) is 9.78 Å². The van der Waals surface area contributed by atoms with Gasteiger partial charge in [0.2, 0.25) is 0 Å². The van der Waals surface area contributed by atoms with Crippen LogP contribution in [0.5, 0.6) is 0 Å². The topological polar surface area (TPSA) is 87.2 Å². The number of benzene rings is 1. The molecule has 2 N–H and O–H groups in total. The Balaban J connectivity index is 1.60. The summed E-state index contributed by atoms with van der Waals surface area (Å²) < 4.78 is 0. The average Bonchev–Trinajstić information content (AvgIpc) is 3.20. The van der Waals surface area contributed by atoms with E-state index < -0.39 is 0 Å². The van der Waals surface area contributed by atoms with Crippen molar-refractivity contribution in [3.05, 3.63) is 76.5 Å². The second-order valence-electron chi connectivity index (χ2n) is 6.69. The summed E-state index contributed by atoms with van der Waals surface area (Å²) in [6, 6.07) is 12.8. The number of nitrogens with one attached hydrogen (secondary N) is 2. The molecule has 150 valence electrons. The van der Waals surface area contributed by atoms with Crippen LogP contribution in [0.25, 0.3) is 0 Å². The van der Waals surface area contributed by atoms with Crippen molar-refractivity contribution in [2.45, 2.75) is 33.0 Å². The van der Waals surface area contributed by atoms with Crippen molar-refractivity contribution in [1.29, 1.82) is 0 Å². The third-order valence-electron chi connectivity index (χ3n) is 4.18. The van der Waals surface area contributed by atoms with Crippen LogP contribution in [0.1, 0.15) is 34.9 Å². The number of carbonyl (C=O) groups is 2. The lowest BCUT2D eigenvalue weighted by Crippen LogP contribution is -2.39. The Labute approximate surface area is 173 Å². The van der Waals surface area contributed by atoms with E-state index in [1.807, 2.05) is 56.3 Å². The Hall–Kier alpha value is -3.26. The fourth-order valence-corrected chi connectivity index (χ4v) is 3.39. The molecule has 3 amide bonds. The van der Waals surface area contributed by atoms with Crippen LogP contribution in [-0.4, -0.2) is 32.8 Å². The van der Waals surface area contributed by atoms with Gasteiger partial charge >= 0.3 is 6.03 Å². The van der Waals surface area contributed by atoms with Crippen LogP contribution in [0, 0.1) is 0 Å². The minimum absolute atomic E-state index is 0.0227. The number of rotatable bonds is 7. The van der Waals surface area contributed by atoms with Gasteiger partial charge in [-0.2, -0.15) is 0 Å². The second kappa shape index (κ2) is 9.79. The Kier molecular flexibility index (Phi) is 6.91. The first-order valence-electron chi connectivity index (χ1n) is 9.27. The van der Waals surface area contributed by atoms with Gasteiger partial charge in [0.25, 0.3) is 5.91 Å². The number of carbonyl (C=O) groups excluding carboxylic acids is 2. The SMILES string of the molecule is CC(C)N(Cc1nc(C(=O)NCc2cccnc2)cs1)C(=O)Nc1ccccc1. The number of aromatic nitrogens is 2. The molecular weight excluding hydrogens is 386 g/mol. The summed E-state index contributed by atoms with van der Waals surface area (Å²) in [5.41, 5.74) is 2.00. The average molecular weight is 410 g/mol. The molecule has 0 bridgehead atoms. The Morgan fingerprint density at radius 1 is 1.14 bits per heavy atom. The zero-order valence-corrected chi connectivity index (χ0v) is 17.1. The van der Waals surface area contributed by atoms with E-state index in [-0.39, 0.29) is 18.0 Å². The number of urea groups is 1. The largest absolute Gasteiger partial charge is 0.347 e. The maximum absolute atomic E-state index is 12.7. The van der Waals surface area contributed by atoms with Crippen molar-refractivity contribution in [3.63, 3.8) is 0 Å². The summed E-state index contributed by atoms with van der Waals surface area (Å²) in [5, 5.41) is 8.13. The third kappa shape index (κ3) is 5.86. The quantitative estimate of drug-likeness (QED) is 0.619. The van der Waals surface area contributed by atoms with Gasteiger partial charge in [-0.1, -0.05) is 24.3 Å². The number of nitrogens with zero attached hydrogens (tertiary/aromatic N) is 3. The minimum atomic E-state index is -0.249. The van der Waals surface area contributed by atoms with Crippen molar-refractivity contribution in [2.75, 3.05) is 5.32 Å². The van der Waals surface area contributed by atoms with E-state index in [1.165, 1.54) is 11.3 Å². The van der Waals surface area contributed by atoms with Crippen LogP contribution < -0.4 is 10.6 Å². The molecule has 3 aromatic rings. The fraction of sp³-hybridized carbons (Fsp3) is 0.238. The highest BCUT2D eigenvalue weighted by molar-refractivity contribution is 7.09. The lowest BCUT2D eigenvalue weighted by Gasteiger charge is -2.26. The molecule has 0 aliphatic carbocycles. The number of anilines is 1. The zero-order chi connectivity index (χ0) is 20.6. The maximum Gasteiger partial charge on any atom is 0.322 e. The number of hydrogen-bond donors (Lipinski definition) is 2. The van der Waals surface area contributed by atoms with Crippen molar-refractivity contribution < 1.29 is 9.59 Å². The highest BCUT2D eigenvalue weighted by Crippen LogP contribution is 2.16. The maximum atomic E-state index is 12.7. The Morgan fingerprint density at radius 2 is 1.93 bits per heavy atom. The van der Waals surface area contributed by atoms with Crippen molar-refractivity contribution in [2.24, 2.45) is 0 Å². The molecule has 0 saturated carbocycles. The van der Waals surface area contributed by atoms with Gasteiger partial charge in [0.05, 0.1) is 6.54 Å². The molecule has 0 aliphatic rings. The molecule has 8 heteroatoms. The first-order chi connectivity index (χ1) is 14.0. The van der Waals surface area contributed by atoms with E-state index in [2.05, 4.69) is 20.6 Å². The molecule has 7 nitrogen and oxygen atoms in total. The van der Waals surface area contributed by atoms with E-state index in [4.69, 9.17) is 0 Å². The second-order valence-corrected chi connectivity index (χ2v) is 7.63. The normalized spacial score (nSPS) is 10.6. The first kappa shape index (κ1) is 20.5. The molecule has 2 aromatic heterocycles. The molecule has 0 aliphatic heterocycles. The van der Waals surface area contributed by atoms with Gasteiger partial charge < -0.3 is 15.5 Å². The van der Waals surface area contributed by atoms with Gasteiger partial charge in [-0.05, 0) is 37.6 Å². The van der Waals surface area contributed by atoms with Gasteiger partial charge in [0.1, 0.15) is 10.7 Å². The predicted molar refractivity (Wildman–Crippen MR) is 114 cm³/mol. The van der Waals surface area contributed by atoms with Crippen LogP contribution in [0.2, 0.25) is 0 Å². The molecule has 1 aromatic carbocycles. The molecule has 0 spiro atoms. The number of para-hydroxylation sites is 1. The Morgan fingerprint density at radius 3 is 2.62 bits per heavy atom. The number of hydrogen-bond acceptors (Lipinski definition) is 5. The first-order valence-corrected chi connectivity index (χ1v) is 10.1. The monoisotopic (exact) mass is 409 g/mol. The van der Waals surface area contributed by atoms with Gasteiger partial charge in [0.15, 0.2) is 0 Å². The highest BCUT2D eigenvalue weighted by atomic mass is 32.1. The summed E-state index contributed by atoms with van der Waals surface area (Å²) >= 11 is 1.36. The summed E-state index contributed by atoms with van der Waals surface area (Å²) in [7, 11) is 0. The molecule has 2 heterocycles. The molecule has 0 saturated heterocycles. The van der Waals surface area contributed by atoms with Crippen LogP contribution in [0.15, 0.2) is 60.2 Å². The van der Waals surface area contributed by atoms with E-state index in [0.717, 1.165) is 11.3 Å². The lowest BCUT2D eigenvalue weighted by molar-refractivity contribution is 0.0946. The van der Waals surface area contributed by atoms with E-state index >= 15 is 0 Å². The number of thiazole rings is 1. The summed E-state index contributed by atoms with van der Waals surface area (Å²) in [5.74, 6) is -0.249. The Bertz CT molecular complexity index is 944. The van der Waals surface area contributed by atoms with E-state index in [9.17, 15) is 9.59 Å². The molecule has 0 radical (unpaired) electrons. The van der Waals surface area contributed by atoms with Gasteiger partial charge in [-0.15, -0.1) is 11.3 Å². The van der Waals surface area contributed by atoms with Crippen molar-refractivity contribution >= 4 is 29.0 Å². The van der Waals surface area contributed by atoms with Gasteiger partial charge in [-0.25, -0.2) is 9.78 Å². The molecular formula is C21H23N5O2S. The van der Waals surface area contributed by atoms with Crippen LogP contribution in [0.3, 0.4) is 0 Å². The lowest BCUT2D eigenvalue weighted by atomic mass is 10.3. The number of pyridine rings is 1. The molecule has 3 rings (SSSR count). The van der Waals surface area contributed by atoms with Gasteiger partial charge in [0, 0.05) is 36.0 Å². The zero-order valence-electron chi connectivity index (χ0n) is 16.3. The predicted octanol–water partition coefficient (Wildman–Crippen LogP) is 3.91. The van der Waals surface area contributed by atoms with Crippen molar-refractivity contribution in [1.82, 2.24) is 20.2 Å². The molecule has 0 fully saturated rings. The third-order valence-corrected chi connectivity index (χ3v) is 5.01. The minimum Gasteiger partial charge on any atom is -0.347 e. The molecule has 0 unspecified atom stereocenters. The van der Waals surface area contributed by atoms with Crippen LogP contribution in [-0.2, 0) is 13.1 Å². The summed E-state index contributed by atoms with van der Waals surface area (Å²) in [6.45, 7) is 4.60. The smallest absolute Gasteiger partial charge is 0.322 e. The highest BCUT2D eigenvalue weighted by Gasteiger charge is 2.20. The van der Waals surface area contributed by atoms with Crippen LogP contribution in [0.4, 0.5) is 10.5 Å². The van der Waals surface area contributed by atoms with E-state index in [1.54, 1.807) is 22.7 Å². The van der Waals surface area contributed by atoms with E-state index in [0.29, 0.717) is 23.8 Å². The fourth-order valence-electron chi connectivity index (χ4n) is 2.61. The summed E-state index contributed by atoms with van der Waals surface area (Å²) in [4.78, 5) is 35.1. The standard InChI is InChI=1S/C21H23N5O2S/c1-15(2)26(21(28)24-17-8-4-3-5-9-17)13-19-25-18(14-29-19)20(27)23-12-16-7-6-10-22-11-16/h3-11,14-15H,12-13H2,1-2H3,(H,23,27)(H,24,28). The van der Waals surface area contributed by atoms with Crippen LogP contribution >= 0.6 is 11.3 Å². The van der Waals surface area contributed by atoms with Crippen molar-refractivity contribution in [3.8, 4) is 0 Å². The molecule has 0 atom stereocenters. The molecule has 29 heavy (non-hydrogen) atoms.